The molecule has 1 unspecified atom stereocenters. The van der Waals surface area contributed by atoms with Crippen molar-refractivity contribution in [3.05, 3.63) is 29.6 Å². The van der Waals surface area contributed by atoms with E-state index in [2.05, 4.69) is 10.3 Å². The molecular formula is C12H19N3O2. The first-order valence-electron chi connectivity index (χ1n) is 5.78. The molecule has 17 heavy (non-hydrogen) atoms. The Labute approximate surface area is 101 Å². The van der Waals surface area contributed by atoms with Crippen LogP contribution in [0, 0.1) is 0 Å². The van der Waals surface area contributed by atoms with E-state index in [4.69, 9.17) is 5.73 Å². The standard InChI is InChI=1S/C12H19N3O2/c1-2-11(16)4-6-15-12(17)9-3-5-14-10(7-9)8-13/h3,5,7,11,16H,2,4,6,8,13H2,1H3,(H,15,17). The molecule has 1 atom stereocenters. The van der Waals surface area contributed by atoms with Crippen molar-refractivity contribution >= 4 is 5.91 Å². The first-order valence-corrected chi connectivity index (χ1v) is 5.78. The summed E-state index contributed by atoms with van der Waals surface area (Å²) in [6, 6.07) is 3.32. The van der Waals surface area contributed by atoms with Crippen molar-refractivity contribution in [2.75, 3.05) is 6.54 Å². The minimum absolute atomic E-state index is 0.162. The normalized spacial score (nSPS) is 12.2. The van der Waals surface area contributed by atoms with Gasteiger partial charge in [-0.1, -0.05) is 6.92 Å². The topological polar surface area (TPSA) is 88.2 Å². The zero-order chi connectivity index (χ0) is 12.7. The first-order chi connectivity index (χ1) is 8.17. The number of carbonyl (C=O) groups excluding carboxylic acids is 1. The summed E-state index contributed by atoms with van der Waals surface area (Å²) in [6.45, 7) is 2.69. The third-order valence-electron chi connectivity index (χ3n) is 2.52. The van der Waals surface area contributed by atoms with Gasteiger partial charge in [0.05, 0.1) is 11.8 Å². The number of hydrogen-bond donors (Lipinski definition) is 3. The summed E-state index contributed by atoms with van der Waals surface area (Å²) in [6.07, 6.45) is 2.48. The Morgan fingerprint density at radius 3 is 3.06 bits per heavy atom. The van der Waals surface area contributed by atoms with Crippen LogP contribution in [0.3, 0.4) is 0 Å². The van der Waals surface area contributed by atoms with Crippen molar-refractivity contribution in [1.29, 1.82) is 0 Å². The fraction of sp³-hybridized carbons (Fsp3) is 0.500. The second-order valence-corrected chi connectivity index (χ2v) is 3.85. The Bertz CT molecular complexity index is 369. The number of nitrogens with zero attached hydrogens (tertiary/aromatic N) is 1. The summed E-state index contributed by atoms with van der Waals surface area (Å²) in [5.74, 6) is -0.162. The lowest BCUT2D eigenvalue weighted by atomic mass is 10.2. The van der Waals surface area contributed by atoms with E-state index < -0.39 is 0 Å². The van der Waals surface area contributed by atoms with Gasteiger partial charge in [0.2, 0.25) is 0 Å². The molecule has 5 nitrogen and oxygen atoms in total. The molecule has 0 bridgehead atoms. The maximum Gasteiger partial charge on any atom is 0.251 e. The van der Waals surface area contributed by atoms with Crippen LogP contribution in [0.5, 0.6) is 0 Å². The molecule has 1 amide bonds. The SMILES string of the molecule is CCC(O)CCNC(=O)c1ccnc(CN)c1. The maximum absolute atomic E-state index is 11.7. The minimum atomic E-state index is -0.354. The molecule has 0 spiro atoms. The zero-order valence-electron chi connectivity index (χ0n) is 10.0. The van der Waals surface area contributed by atoms with E-state index in [1.807, 2.05) is 6.92 Å². The third kappa shape index (κ3) is 4.50. The number of carbonyl (C=O) groups is 1. The van der Waals surface area contributed by atoms with Crippen molar-refractivity contribution in [1.82, 2.24) is 10.3 Å². The second kappa shape index (κ2) is 6.98. The number of aliphatic hydroxyl groups excluding tert-OH is 1. The molecule has 0 aliphatic rings. The Hall–Kier alpha value is -1.46. The highest BCUT2D eigenvalue weighted by atomic mass is 16.3. The molecule has 0 saturated carbocycles. The molecule has 0 saturated heterocycles. The largest absolute Gasteiger partial charge is 0.393 e. The van der Waals surface area contributed by atoms with Crippen LogP contribution in [0.4, 0.5) is 0 Å². The van der Waals surface area contributed by atoms with Gasteiger partial charge in [-0.2, -0.15) is 0 Å². The average Bonchev–Trinajstić information content (AvgIpc) is 2.38. The van der Waals surface area contributed by atoms with Crippen LogP contribution in [-0.2, 0) is 6.54 Å². The van der Waals surface area contributed by atoms with E-state index in [0.717, 1.165) is 0 Å². The molecule has 1 aromatic rings. The van der Waals surface area contributed by atoms with E-state index in [9.17, 15) is 9.90 Å². The van der Waals surface area contributed by atoms with Crippen molar-refractivity contribution in [2.45, 2.75) is 32.4 Å². The van der Waals surface area contributed by atoms with Crippen LogP contribution in [-0.4, -0.2) is 28.6 Å². The van der Waals surface area contributed by atoms with E-state index >= 15 is 0 Å². The highest BCUT2D eigenvalue weighted by Gasteiger charge is 2.07. The summed E-state index contributed by atoms with van der Waals surface area (Å²) in [5.41, 5.74) is 6.68. The van der Waals surface area contributed by atoms with Gasteiger partial charge >= 0.3 is 0 Å². The number of amides is 1. The zero-order valence-corrected chi connectivity index (χ0v) is 10.0. The fourth-order valence-electron chi connectivity index (χ4n) is 1.39. The number of rotatable bonds is 6. The summed E-state index contributed by atoms with van der Waals surface area (Å²) in [5, 5.41) is 12.1. The van der Waals surface area contributed by atoms with E-state index in [1.54, 1.807) is 18.3 Å². The summed E-state index contributed by atoms with van der Waals surface area (Å²) < 4.78 is 0. The fourth-order valence-corrected chi connectivity index (χ4v) is 1.39. The number of hydrogen-bond acceptors (Lipinski definition) is 4. The summed E-state index contributed by atoms with van der Waals surface area (Å²) in [4.78, 5) is 15.7. The highest BCUT2D eigenvalue weighted by molar-refractivity contribution is 5.94. The molecule has 4 N–H and O–H groups in total. The second-order valence-electron chi connectivity index (χ2n) is 3.85. The molecule has 1 heterocycles. The predicted molar refractivity (Wildman–Crippen MR) is 65.4 cm³/mol. The number of nitrogens with one attached hydrogen (secondary N) is 1. The predicted octanol–water partition coefficient (Wildman–Crippen LogP) is 0.431. The first kappa shape index (κ1) is 13.6. The molecule has 1 rings (SSSR count). The lowest BCUT2D eigenvalue weighted by Crippen LogP contribution is -2.27. The maximum atomic E-state index is 11.7. The Morgan fingerprint density at radius 2 is 2.41 bits per heavy atom. The van der Waals surface area contributed by atoms with Crippen LogP contribution in [0.25, 0.3) is 0 Å². The molecule has 0 aliphatic carbocycles. The molecule has 1 aromatic heterocycles. The van der Waals surface area contributed by atoms with Gasteiger partial charge in [-0.05, 0) is 25.0 Å². The Kier molecular flexibility index (Phi) is 5.59. The molecule has 0 aromatic carbocycles. The van der Waals surface area contributed by atoms with Gasteiger partial charge in [0.1, 0.15) is 0 Å². The van der Waals surface area contributed by atoms with E-state index in [-0.39, 0.29) is 12.0 Å². The monoisotopic (exact) mass is 237 g/mol. The number of pyridine rings is 1. The highest BCUT2D eigenvalue weighted by Crippen LogP contribution is 2.01. The molecule has 5 heteroatoms. The number of aliphatic hydroxyl groups is 1. The van der Waals surface area contributed by atoms with Gasteiger partial charge < -0.3 is 16.2 Å². The molecule has 0 aliphatic heterocycles. The van der Waals surface area contributed by atoms with Crippen LogP contribution in [0.1, 0.15) is 35.8 Å². The van der Waals surface area contributed by atoms with Crippen molar-refractivity contribution in [3.8, 4) is 0 Å². The van der Waals surface area contributed by atoms with E-state index in [0.29, 0.717) is 37.2 Å². The van der Waals surface area contributed by atoms with Crippen molar-refractivity contribution < 1.29 is 9.90 Å². The minimum Gasteiger partial charge on any atom is -0.393 e. The van der Waals surface area contributed by atoms with Gasteiger partial charge in [-0.15, -0.1) is 0 Å². The summed E-state index contributed by atoms with van der Waals surface area (Å²) in [7, 11) is 0. The lowest BCUT2D eigenvalue weighted by Gasteiger charge is -2.09. The summed E-state index contributed by atoms with van der Waals surface area (Å²) >= 11 is 0. The number of nitrogens with two attached hydrogens (primary N) is 1. The van der Waals surface area contributed by atoms with Crippen LogP contribution in [0.15, 0.2) is 18.3 Å². The van der Waals surface area contributed by atoms with Crippen molar-refractivity contribution in [2.24, 2.45) is 5.73 Å². The van der Waals surface area contributed by atoms with E-state index in [1.165, 1.54) is 0 Å². The molecular weight excluding hydrogens is 218 g/mol. The quantitative estimate of drug-likeness (QED) is 0.669. The van der Waals surface area contributed by atoms with Gasteiger partial charge in [0, 0.05) is 24.8 Å². The molecule has 0 fully saturated rings. The van der Waals surface area contributed by atoms with Gasteiger partial charge in [-0.3, -0.25) is 9.78 Å². The van der Waals surface area contributed by atoms with Crippen LogP contribution < -0.4 is 11.1 Å². The molecule has 0 radical (unpaired) electrons. The molecule has 94 valence electrons. The lowest BCUT2D eigenvalue weighted by molar-refractivity contribution is 0.0941. The smallest absolute Gasteiger partial charge is 0.251 e. The third-order valence-corrected chi connectivity index (χ3v) is 2.52. The van der Waals surface area contributed by atoms with Gasteiger partial charge in [0.15, 0.2) is 0 Å². The van der Waals surface area contributed by atoms with Crippen LogP contribution in [0.2, 0.25) is 0 Å². The Balaban J connectivity index is 2.46. The van der Waals surface area contributed by atoms with Crippen LogP contribution >= 0.6 is 0 Å². The van der Waals surface area contributed by atoms with Gasteiger partial charge in [-0.25, -0.2) is 0 Å². The average molecular weight is 237 g/mol. The number of aromatic nitrogens is 1. The Morgan fingerprint density at radius 1 is 1.65 bits per heavy atom. The van der Waals surface area contributed by atoms with Gasteiger partial charge in [0.25, 0.3) is 5.91 Å². The van der Waals surface area contributed by atoms with Crippen molar-refractivity contribution in [3.63, 3.8) is 0 Å².